The minimum Gasteiger partial charge on any atom is -0.394 e. The Kier molecular flexibility index (Phi) is 5.90. The summed E-state index contributed by atoms with van der Waals surface area (Å²) in [7, 11) is 0. The summed E-state index contributed by atoms with van der Waals surface area (Å²) in [5.74, 6) is 0. The molecule has 1 aromatic heterocycles. The molecule has 1 unspecified atom stereocenters. The number of aromatic nitrogens is 1. The molecule has 0 saturated heterocycles. The van der Waals surface area contributed by atoms with Crippen molar-refractivity contribution in [3.05, 3.63) is 39.7 Å². The smallest absolute Gasteiger partial charge is 0.0951 e. The van der Waals surface area contributed by atoms with Crippen LogP contribution in [0.2, 0.25) is 0 Å². The van der Waals surface area contributed by atoms with E-state index in [1.807, 2.05) is 6.92 Å². The quantitative estimate of drug-likeness (QED) is 0.760. The number of nitrogens with zero attached hydrogens (tertiary/aromatic N) is 2. The zero-order valence-corrected chi connectivity index (χ0v) is 16.8. The molecule has 2 aromatic rings. The fourth-order valence-corrected chi connectivity index (χ4v) is 4.37. The van der Waals surface area contributed by atoms with Gasteiger partial charge in [0.1, 0.15) is 0 Å². The maximum Gasteiger partial charge on any atom is 0.0951 e. The molecule has 3 rings (SSSR count). The number of benzene rings is 1. The first-order chi connectivity index (χ1) is 12.4. The van der Waals surface area contributed by atoms with Gasteiger partial charge in [0.05, 0.1) is 23.4 Å². The van der Waals surface area contributed by atoms with Crippen molar-refractivity contribution in [1.29, 1.82) is 0 Å². The summed E-state index contributed by atoms with van der Waals surface area (Å²) in [6.07, 6.45) is 4.52. The molecule has 5 heteroatoms. The Hall–Kier alpha value is -1.56. The highest BCUT2D eigenvalue weighted by molar-refractivity contribution is 7.09. The molecule has 0 spiro atoms. The molecular formula is C21H29N3OS. The summed E-state index contributed by atoms with van der Waals surface area (Å²) >= 11 is 1.69. The average Bonchev–Trinajstić information content (AvgIpc) is 3.09. The molecule has 1 heterocycles. The Morgan fingerprint density at radius 3 is 3.00 bits per heavy atom. The first kappa shape index (κ1) is 19.2. The molecule has 0 amide bonds. The molecule has 1 aliphatic carbocycles. The summed E-state index contributed by atoms with van der Waals surface area (Å²) in [5, 5.41) is 12.3. The number of hydrogen-bond donors (Lipinski definition) is 2. The van der Waals surface area contributed by atoms with Gasteiger partial charge in [0.2, 0.25) is 0 Å². The van der Waals surface area contributed by atoms with Crippen LogP contribution in [0, 0.1) is 0 Å². The van der Waals surface area contributed by atoms with Crippen molar-refractivity contribution >= 4 is 17.0 Å². The lowest BCUT2D eigenvalue weighted by molar-refractivity contribution is 0.289. The van der Waals surface area contributed by atoms with Gasteiger partial charge in [-0.2, -0.15) is 0 Å². The fraction of sp³-hybridized carbons (Fsp3) is 0.524. The van der Waals surface area contributed by atoms with E-state index in [0.717, 1.165) is 22.8 Å². The van der Waals surface area contributed by atoms with Crippen LogP contribution >= 0.6 is 11.3 Å². The van der Waals surface area contributed by atoms with E-state index < -0.39 is 0 Å². The summed E-state index contributed by atoms with van der Waals surface area (Å²) in [4.78, 5) is 9.25. The molecule has 140 valence electrons. The van der Waals surface area contributed by atoms with E-state index in [1.165, 1.54) is 36.0 Å². The summed E-state index contributed by atoms with van der Waals surface area (Å²) in [6.45, 7) is 7.15. The monoisotopic (exact) mass is 371 g/mol. The van der Waals surface area contributed by atoms with E-state index in [-0.39, 0.29) is 18.1 Å². The lowest BCUT2D eigenvalue weighted by Crippen LogP contribution is -2.32. The van der Waals surface area contributed by atoms with Crippen molar-refractivity contribution in [3.8, 4) is 11.3 Å². The van der Waals surface area contributed by atoms with Crippen LogP contribution in [-0.4, -0.2) is 35.0 Å². The Morgan fingerprint density at radius 1 is 1.42 bits per heavy atom. The number of fused-ring (bicyclic) bond motifs is 1. The van der Waals surface area contributed by atoms with Crippen LogP contribution in [0.4, 0.5) is 0 Å². The van der Waals surface area contributed by atoms with Crippen molar-refractivity contribution in [3.63, 3.8) is 0 Å². The van der Waals surface area contributed by atoms with Crippen LogP contribution in [0.25, 0.3) is 11.3 Å². The Labute approximate surface area is 160 Å². The van der Waals surface area contributed by atoms with Gasteiger partial charge in [0, 0.05) is 29.6 Å². The van der Waals surface area contributed by atoms with E-state index >= 15 is 0 Å². The Balaban J connectivity index is 1.72. The molecule has 0 radical (unpaired) electrons. The highest BCUT2D eigenvalue weighted by Crippen LogP contribution is 2.38. The molecule has 0 saturated carbocycles. The lowest BCUT2D eigenvalue weighted by Gasteiger charge is -2.32. The van der Waals surface area contributed by atoms with Crippen molar-refractivity contribution in [2.75, 3.05) is 13.2 Å². The van der Waals surface area contributed by atoms with Crippen molar-refractivity contribution < 1.29 is 5.11 Å². The molecule has 4 nitrogen and oxygen atoms in total. The van der Waals surface area contributed by atoms with Crippen LogP contribution in [-0.2, 0) is 18.3 Å². The van der Waals surface area contributed by atoms with Crippen molar-refractivity contribution in [2.45, 2.75) is 57.9 Å². The van der Waals surface area contributed by atoms with E-state index in [1.54, 1.807) is 11.3 Å². The third-order valence-corrected chi connectivity index (χ3v) is 6.26. The van der Waals surface area contributed by atoms with Crippen LogP contribution in [0.1, 0.15) is 49.7 Å². The Bertz CT molecular complexity index is 794. The van der Waals surface area contributed by atoms with Crippen molar-refractivity contribution in [2.24, 2.45) is 10.7 Å². The first-order valence-corrected chi connectivity index (χ1v) is 10.2. The van der Waals surface area contributed by atoms with Crippen LogP contribution in [0.15, 0.2) is 28.6 Å². The summed E-state index contributed by atoms with van der Waals surface area (Å²) in [5.41, 5.74) is 12.0. The fourth-order valence-electron chi connectivity index (χ4n) is 3.57. The summed E-state index contributed by atoms with van der Waals surface area (Å²) in [6, 6.07) is 6.48. The molecule has 26 heavy (non-hydrogen) atoms. The van der Waals surface area contributed by atoms with Gasteiger partial charge < -0.3 is 10.8 Å². The lowest BCUT2D eigenvalue weighted by atomic mass is 9.72. The number of thiazole rings is 1. The van der Waals surface area contributed by atoms with E-state index in [2.05, 4.69) is 42.4 Å². The largest absolute Gasteiger partial charge is 0.394 e. The third kappa shape index (κ3) is 4.22. The predicted octanol–water partition coefficient (Wildman–Crippen LogP) is 3.75. The molecule has 1 atom stereocenters. The minimum absolute atomic E-state index is 0.0641. The molecular weight excluding hydrogens is 342 g/mol. The van der Waals surface area contributed by atoms with Gasteiger partial charge >= 0.3 is 0 Å². The zero-order valence-electron chi connectivity index (χ0n) is 16.0. The normalized spacial score (nSPS) is 17.8. The second kappa shape index (κ2) is 7.99. The first-order valence-electron chi connectivity index (χ1n) is 9.36. The highest BCUT2D eigenvalue weighted by atomic mass is 32.1. The number of aliphatic hydroxyl groups excluding tert-OH is 1. The van der Waals surface area contributed by atoms with Crippen molar-refractivity contribution in [1.82, 2.24) is 4.98 Å². The second-order valence-electron chi connectivity index (χ2n) is 7.80. The highest BCUT2D eigenvalue weighted by Gasteiger charge is 2.27. The van der Waals surface area contributed by atoms with Gasteiger partial charge in [-0.25, -0.2) is 4.98 Å². The van der Waals surface area contributed by atoms with Gasteiger partial charge in [0.15, 0.2) is 0 Å². The molecule has 0 aliphatic heterocycles. The van der Waals surface area contributed by atoms with Gasteiger partial charge in [0.25, 0.3) is 0 Å². The summed E-state index contributed by atoms with van der Waals surface area (Å²) < 4.78 is 0. The van der Waals surface area contributed by atoms with Crippen LogP contribution in [0.3, 0.4) is 0 Å². The SMILES string of the molecule is CC(=NCCc1nc(-c2ccc3c(c2)C(C)(C)CCC3)cs1)C(N)CO. The topological polar surface area (TPSA) is 71.5 Å². The van der Waals surface area contributed by atoms with Crippen LogP contribution < -0.4 is 5.73 Å². The molecule has 0 fully saturated rings. The number of aryl methyl sites for hydroxylation is 1. The van der Waals surface area contributed by atoms with E-state index in [9.17, 15) is 0 Å². The average molecular weight is 372 g/mol. The standard InChI is InChI=1S/C21H29N3OS/c1-14(18(22)12-25)23-10-8-20-24-19(13-26-20)16-7-6-15-5-4-9-21(2,3)17(15)11-16/h6-7,11,13,18,25H,4-5,8-10,12,22H2,1-3H3. The number of aliphatic hydroxyl groups is 1. The zero-order chi connectivity index (χ0) is 18.7. The Morgan fingerprint density at radius 2 is 2.23 bits per heavy atom. The van der Waals surface area contributed by atoms with Crippen LogP contribution in [0.5, 0.6) is 0 Å². The van der Waals surface area contributed by atoms with E-state index in [0.29, 0.717) is 6.54 Å². The van der Waals surface area contributed by atoms with Gasteiger partial charge in [-0.1, -0.05) is 26.0 Å². The number of rotatable bonds is 6. The van der Waals surface area contributed by atoms with E-state index in [4.69, 9.17) is 15.8 Å². The van der Waals surface area contributed by atoms with Gasteiger partial charge in [-0.3, -0.25) is 4.99 Å². The molecule has 3 N–H and O–H groups in total. The maximum atomic E-state index is 9.06. The van der Waals surface area contributed by atoms with Gasteiger partial charge in [-0.05, 0) is 48.8 Å². The number of aliphatic imine (C=N–C) groups is 1. The molecule has 0 bridgehead atoms. The maximum absolute atomic E-state index is 9.06. The second-order valence-corrected chi connectivity index (χ2v) is 8.74. The third-order valence-electron chi connectivity index (χ3n) is 5.35. The van der Waals surface area contributed by atoms with Gasteiger partial charge in [-0.15, -0.1) is 11.3 Å². The number of nitrogens with two attached hydrogens (primary N) is 1. The predicted molar refractivity (Wildman–Crippen MR) is 110 cm³/mol. The molecule has 1 aliphatic rings. The number of hydrogen-bond acceptors (Lipinski definition) is 5. The minimum atomic E-state index is -0.360. The molecule has 1 aromatic carbocycles.